The van der Waals surface area contributed by atoms with Gasteiger partial charge in [-0.25, -0.2) is 4.79 Å². The van der Waals surface area contributed by atoms with Gasteiger partial charge in [0.15, 0.2) is 0 Å². The molecular weight excluding hydrogens is 240 g/mol. The smallest absolute Gasteiger partial charge is 0.414 e. The van der Waals surface area contributed by atoms with Gasteiger partial charge in [-0.3, -0.25) is 4.90 Å². The van der Waals surface area contributed by atoms with E-state index in [0.29, 0.717) is 6.54 Å². The van der Waals surface area contributed by atoms with Crippen LogP contribution < -0.4 is 10.6 Å². The van der Waals surface area contributed by atoms with E-state index in [2.05, 4.69) is 11.8 Å². The minimum atomic E-state index is -0.470. The third-order valence-electron chi connectivity index (χ3n) is 3.22. The Kier molecular flexibility index (Phi) is 3.80. The maximum absolute atomic E-state index is 12.3. The highest BCUT2D eigenvalue weighted by molar-refractivity contribution is 5.89. The van der Waals surface area contributed by atoms with Gasteiger partial charge in [0.05, 0.1) is 5.69 Å². The second kappa shape index (κ2) is 5.21. The lowest BCUT2D eigenvalue weighted by Gasteiger charge is -2.27. The molecule has 0 fully saturated rings. The second-order valence-electron chi connectivity index (χ2n) is 6.03. The van der Waals surface area contributed by atoms with E-state index in [9.17, 15) is 4.79 Å². The first kappa shape index (κ1) is 13.9. The van der Waals surface area contributed by atoms with Gasteiger partial charge in [-0.05, 0) is 33.3 Å². The Labute approximate surface area is 114 Å². The van der Waals surface area contributed by atoms with Crippen LogP contribution in [-0.4, -0.2) is 18.2 Å². The number of ether oxygens (including phenoxy) is 1. The maximum Gasteiger partial charge on any atom is 0.414 e. The van der Waals surface area contributed by atoms with Crippen molar-refractivity contribution in [1.82, 2.24) is 0 Å². The molecule has 1 aliphatic heterocycles. The number of hydrogen-bond donors (Lipinski definition) is 1. The third-order valence-corrected chi connectivity index (χ3v) is 3.22. The fraction of sp³-hybridized carbons (Fsp3) is 0.533. The molecule has 2 rings (SSSR count). The summed E-state index contributed by atoms with van der Waals surface area (Å²) in [4.78, 5) is 14.1. The topological polar surface area (TPSA) is 57.2 Å². The van der Waals surface area contributed by atoms with Gasteiger partial charge in [-0.1, -0.05) is 18.2 Å². The van der Waals surface area contributed by atoms with Crippen LogP contribution >= 0.6 is 0 Å². The first-order valence-electron chi connectivity index (χ1n) is 6.81. The van der Waals surface area contributed by atoms with E-state index in [1.807, 2.05) is 39.0 Å². The highest BCUT2D eigenvalue weighted by Gasteiger charge is 2.29. The van der Waals surface area contributed by atoms with Crippen LogP contribution in [0.5, 0.6) is 0 Å². The zero-order chi connectivity index (χ0) is 14.0. The van der Waals surface area contributed by atoms with Gasteiger partial charge in [-0.15, -0.1) is 0 Å². The summed E-state index contributed by atoms with van der Waals surface area (Å²) in [7, 11) is 0. The molecule has 1 aromatic rings. The molecule has 0 unspecified atom stereocenters. The summed E-state index contributed by atoms with van der Waals surface area (Å²) >= 11 is 0. The first-order valence-corrected chi connectivity index (χ1v) is 6.81. The predicted molar refractivity (Wildman–Crippen MR) is 74.9 cm³/mol. The Bertz CT molecular complexity index is 465. The molecule has 1 aliphatic rings. The highest BCUT2D eigenvalue weighted by atomic mass is 16.6. The fourth-order valence-corrected chi connectivity index (χ4v) is 2.36. The van der Waals surface area contributed by atoms with Crippen LogP contribution in [0.25, 0.3) is 0 Å². The van der Waals surface area contributed by atoms with E-state index in [-0.39, 0.29) is 12.1 Å². The van der Waals surface area contributed by atoms with Gasteiger partial charge in [0.2, 0.25) is 0 Å². The van der Waals surface area contributed by atoms with E-state index in [1.165, 1.54) is 0 Å². The first-order chi connectivity index (χ1) is 8.88. The minimum Gasteiger partial charge on any atom is -0.443 e. The molecule has 1 amide bonds. The van der Waals surface area contributed by atoms with Crippen molar-refractivity contribution < 1.29 is 15.3 Å². The molecule has 0 saturated heterocycles. The number of carbonyl (C=O) groups is 1. The summed E-state index contributed by atoms with van der Waals surface area (Å²) in [5, 5.41) is 0. The average Bonchev–Trinajstić information content (AvgIpc) is 2.47. The zero-order valence-corrected chi connectivity index (χ0v) is 12.0. The summed E-state index contributed by atoms with van der Waals surface area (Å²) in [5.74, 6) is 0. The number of nitrogens with zero attached hydrogens (tertiary/aromatic N) is 1. The number of carbonyl (C=O) groups excluding carboxylic acids is 1. The van der Waals surface area contributed by atoms with Crippen molar-refractivity contribution in [2.24, 2.45) is 0 Å². The Hall–Kier alpha value is -1.55. The molecule has 0 radical (unpaired) electrons. The molecule has 0 spiro atoms. The van der Waals surface area contributed by atoms with Crippen molar-refractivity contribution in [2.75, 3.05) is 11.4 Å². The average molecular weight is 263 g/mol. The summed E-state index contributed by atoms with van der Waals surface area (Å²) in [5.41, 5.74) is 5.79. The number of benzene rings is 1. The molecule has 1 atom stereocenters. The Balaban J connectivity index is 2.31. The van der Waals surface area contributed by atoms with Crippen molar-refractivity contribution in [2.45, 2.75) is 45.3 Å². The lowest BCUT2D eigenvalue weighted by molar-refractivity contribution is -0.427. The van der Waals surface area contributed by atoms with Crippen molar-refractivity contribution in [1.29, 1.82) is 0 Å². The molecule has 0 saturated carbocycles. The maximum atomic E-state index is 12.3. The van der Waals surface area contributed by atoms with E-state index in [4.69, 9.17) is 4.74 Å². The number of para-hydroxylation sites is 1. The van der Waals surface area contributed by atoms with Crippen LogP contribution in [0.15, 0.2) is 24.3 Å². The molecule has 1 aromatic carbocycles. The quantitative estimate of drug-likeness (QED) is 0.782. The summed E-state index contributed by atoms with van der Waals surface area (Å²) in [6.45, 7) is 6.36. The third kappa shape index (κ3) is 3.26. The van der Waals surface area contributed by atoms with Crippen LogP contribution in [0.1, 0.15) is 45.2 Å². The van der Waals surface area contributed by atoms with Gasteiger partial charge in [0, 0.05) is 18.5 Å². The number of quaternary nitrogens is 1. The fourth-order valence-electron chi connectivity index (χ4n) is 2.36. The second-order valence-corrected chi connectivity index (χ2v) is 6.03. The molecule has 3 N–H and O–H groups in total. The Morgan fingerprint density at radius 1 is 1.37 bits per heavy atom. The summed E-state index contributed by atoms with van der Waals surface area (Å²) in [6.07, 6.45) is 1.67. The van der Waals surface area contributed by atoms with E-state index >= 15 is 0 Å². The predicted octanol–water partition coefficient (Wildman–Crippen LogP) is 2.50. The monoisotopic (exact) mass is 263 g/mol. The summed E-state index contributed by atoms with van der Waals surface area (Å²) < 4.78 is 5.49. The molecule has 104 valence electrons. The van der Waals surface area contributed by atoms with Gasteiger partial charge in [0.25, 0.3) is 0 Å². The van der Waals surface area contributed by atoms with E-state index in [0.717, 1.165) is 24.1 Å². The Morgan fingerprint density at radius 2 is 2.05 bits per heavy atom. The lowest BCUT2D eigenvalue weighted by Crippen LogP contribution is -2.53. The van der Waals surface area contributed by atoms with Gasteiger partial charge < -0.3 is 10.5 Å². The molecule has 1 heterocycles. The van der Waals surface area contributed by atoms with E-state index in [1.54, 1.807) is 4.90 Å². The number of fused-ring (bicyclic) bond motifs is 1. The summed E-state index contributed by atoms with van der Waals surface area (Å²) in [6, 6.07) is 8.21. The van der Waals surface area contributed by atoms with Crippen molar-refractivity contribution in [3.63, 3.8) is 0 Å². The lowest BCUT2D eigenvalue weighted by atomic mass is 10.0. The van der Waals surface area contributed by atoms with Crippen LogP contribution in [0.2, 0.25) is 0 Å². The van der Waals surface area contributed by atoms with Crippen molar-refractivity contribution in [3.05, 3.63) is 29.8 Å². The number of anilines is 1. The van der Waals surface area contributed by atoms with Gasteiger partial charge in [0.1, 0.15) is 11.6 Å². The molecule has 0 aromatic heterocycles. The molecule has 4 nitrogen and oxygen atoms in total. The van der Waals surface area contributed by atoms with Crippen molar-refractivity contribution in [3.8, 4) is 0 Å². The van der Waals surface area contributed by atoms with Crippen LogP contribution in [-0.2, 0) is 4.74 Å². The molecular formula is C15H23N2O2+. The molecule has 19 heavy (non-hydrogen) atoms. The zero-order valence-electron chi connectivity index (χ0n) is 12.0. The number of amides is 1. The van der Waals surface area contributed by atoms with E-state index < -0.39 is 5.60 Å². The highest BCUT2D eigenvalue weighted by Crippen LogP contribution is 2.31. The van der Waals surface area contributed by atoms with Gasteiger partial charge in [-0.2, -0.15) is 0 Å². The standard InChI is InChI=1S/C15H22N2O2/c1-15(2,3)19-14(18)17-10-6-8-12(16)11-7-4-5-9-13(11)17/h4-5,7,9,12H,6,8,10,16H2,1-3H3/p+1/t12-/m0/s1. The number of rotatable bonds is 0. The van der Waals surface area contributed by atoms with Crippen LogP contribution in [0.3, 0.4) is 0 Å². The normalized spacial score (nSPS) is 19.6. The minimum absolute atomic E-state index is 0.239. The Morgan fingerprint density at radius 3 is 2.74 bits per heavy atom. The largest absolute Gasteiger partial charge is 0.443 e. The van der Waals surface area contributed by atoms with Crippen LogP contribution in [0, 0.1) is 0 Å². The van der Waals surface area contributed by atoms with Crippen LogP contribution in [0.4, 0.5) is 10.5 Å². The molecule has 0 bridgehead atoms. The molecule has 0 aliphatic carbocycles. The number of hydrogen-bond acceptors (Lipinski definition) is 2. The molecule has 4 heteroatoms. The van der Waals surface area contributed by atoms with Gasteiger partial charge >= 0.3 is 6.09 Å². The van der Waals surface area contributed by atoms with Crippen molar-refractivity contribution >= 4 is 11.8 Å². The SMILES string of the molecule is CC(C)(C)OC(=O)N1CCC[C@H]([NH3+])c2ccccc21.